The first-order valence-corrected chi connectivity index (χ1v) is 6.63. The second kappa shape index (κ2) is 6.00. The summed E-state index contributed by atoms with van der Waals surface area (Å²) < 4.78 is 0. The molecule has 100 valence electrons. The first-order chi connectivity index (χ1) is 8.72. The van der Waals surface area contributed by atoms with E-state index < -0.39 is 0 Å². The summed E-state index contributed by atoms with van der Waals surface area (Å²) in [7, 11) is 6.15. The Balaban J connectivity index is 2.04. The number of hydrogen-bond donors (Lipinski definition) is 1. The lowest BCUT2D eigenvalue weighted by molar-refractivity contribution is 0.399. The van der Waals surface area contributed by atoms with E-state index in [1.54, 1.807) is 6.33 Å². The van der Waals surface area contributed by atoms with Gasteiger partial charge in [0.05, 0.1) is 0 Å². The third-order valence-electron chi connectivity index (χ3n) is 3.71. The molecule has 5 heteroatoms. The maximum Gasteiger partial charge on any atom is 0.134 e. The van der Waals surface area contributed by atoms with Gasteiger partial charge in [-0.2, -0.15) is 0 Å². The van der Waals surface area contributed by atoms with Gasteiger partial charge in [-0.3, -0.25) is 0 Å². The highest BCUT2D eigenvalue weighted by Gasteiger charge is 2.23. The molecule has 1 aliphatic carbocycles. The average molecular weight is 249 g/mol. The van der Waals surface area contributed by atoms with Gasteiger partial charge in [-0.05, 0) is 26.3 Å². The maximum atomic E-state index is 4.38. The molecule has 1 saturated carbocycles. The van der Waals surface area contributed by atoms with E-state index in [4.69, 9.17) is 0 Å². The number of hydrogen-bond acceptors (Lipinski definition) is 5. The molecular formula is C13H23N5. The van der Waals surface area contributed by atoms with Crippen LogP contribution in [0.2, 0.25) is 0 Å². The van der Waals surface area contributed by atoms with Gasteiger partial charge in [-0.1, -0.05) is 0 Å². The highest BCUT2D eigenvalue weighted by atomic mass is 15.2. The Morgan fingerprint density at radius 2 is 2.00 bits per heavy atom. The van der Waals surface area contributed by atoms with E-state index in [9.17, 15) is 0 Å². The van der Waals surface area contributed by atoms with Crippen LogP contribution in [0.25, 0.3) is 0 Å². The van der Waals surface area contributed by atoms with Crippen LogP contribution < -0.4 is 15.1 Å². The van der Waals surface area contributed by atoms with Gasteiger partial charge < -0.3 is 15.1 Å². The molecule has 1 aromatic rings. The van der Waals surface area contributed by atoms with Crippen LogP contribution in [0.3, 0.4) is 0 Å². The summed E-state index contributed by atoms with van der Waals surface area (Å²) in [4.78, 5) is 13.1. The topological polar surface area (TPSA) is 44.3 Å². The van der Waals surface area contributed by atoms with Crippen molar-refractivity contribution >= 4 is 11.6 Å². The standard InChI is InChI=1S/C13H23N5/c1-14-7-8-17(2)12-9-13(16-10-15-12)18(3)11-5-4-6-11/h9-11,14H,4-8H2,1-3H3. The maximum absolute atomic E-state index is 4.38. The molecular weight excluding hydrogens is 226 g/mol. The van der Waals surface area contributed by atoms with E-state index in [0.717, 1.165) is 24.7 Å². The van der Waals surface area contributed by atoms with Crippen molar-refractivity contribution in [3.05, 3.63) is 12.4 Å². The molecule has 0 bridgehead atoms. The Hall–Kier alpha value is -1.36. The summed E-state index contributed by atoms with van der Waals surface area (Å²) >= 11 is 0. The lowest BCUT2D eigenvalue weighted by Gasteiger charge is -2.35. The largest absolute Gasteiger partial charge is 0.358 e. The van der Waals surface area contributed by atoms with Gasteiger partial charge in [0, 0.05) is 39.3 Å². The third kappa shape index (κ3) is 2.90. The molecule has 1 N–H and O–H groups in total. The van der Waals surface area contributed by atoms with Gasteiger partial charge >= 0.3 is 0 Å². The van der Waals surface area contributed by atoms with Crippen LogP contribution in [-0.4, -0.2) is 50.2 Å². The SMILES string of the molecule is CNCCN(C)c1cc(N(C)C2CCC2)ncn1. The number of likely N-dealkylation sites (N-methyl/N-ethyl adjacent to an activating group) is 2. The monoisotopic (exact) mass is 249 g/mol. The van der Waals surface area contributed by atoms with Crippen molar-refractivity contribution < 1.29 is 0 Å². The Bertz CT molecular complexity index is 377. The fraction of sp³-hybridized carbons (Fsp3) is 0.692. The number of anilines is 2. The summed E-state index contributed by atoms with van der Waals surface area (Å²) in [6.07, 6.45) is 5.57. The van der Waals surface area contributed by atoms with E-state index >= 15 is 0 Å². The van der Waals surface area contributed by atoms with Crippen molar-refractivity contribution in [1.29, 1.82) is 0 Å². The van der Waals surface area contributed by atoms with Crippen molar-refractivity contribution in [2.45, 2.75) is 25.3 Å². The molecule has 1 aromatic heterocycles. The van der Waals surface area contributed by atoms with Crippen LogP contribution in [0.4, 0.5) is 11.6 Å². The Morgan fingerprint density at radius 1 is 1.28 bits per heavy atom. The smallest absolute Gasteiger partial charge is 0.134 e. The molecule has 0 amide bonds. The van der Waals surface area contributed by atoms with E-state index in [1.807, 2.05) is 7.05 Å². The second-order valence-electron chi connectivity index (χ2n) is 4.96. The van der Waals surface area contributed by atoms with Crippen molar-refractivity contribution in [3.63, 3.8) is 0 Å². The molecule has 1 heterocycles. The highest BCUT2D eigenvalue weighted by molar-refractivity contribution is 5.50. The summed E-state index contributed by atoms with van der Waals surface area (Å²) in [6, 6.07) is 2.74. The van der Waals surface area contributed by atoms with Gasteiger partial charge in [-0.25, -0.2) is 9.97 Å². The number of nitrogens with zero attached hydrogens (tertiary/aromatic N) is 4. The predicted molar refractivity (Wildman–Crippen MR) is 75.3 cm³/mol. The first kappa shape index (κ1) is 13.1. The second-order valence-corrected chi connectivity index (χ2v) is 4.96. The molecule has 5 nitrogen and oxygen atoms in total. The predicted octanol–water partition coefficient (Wildman–Crippen LogP) is 1.12. The molecule has 0 saturated heterocycles. The highest BCUT2D eigenvalue weighted by Crippen LogP contribution is 2.27. The summed E-state index contributed by atoms with van der Waals surface area (Å²) in [5.74, 6) is 2.02. The minimum atomic E-state index is 0.662. The normalized spacial score (nSPS) is 15.3. The molecule has 0 radical (unpaired) electrons. The zero-order chi connectivity index (χ0) is 13.0. The molecule has 18 heavy (non-hydrogen) atoms. The van der Waals surface area contributed by atoms with Crippen LogP contribution in [0.5, 0.6) is 0 Å². The Morgan fingerprint density at radius 3 is 2.61 bits per heavy atom. The Kier molecular flexibility index (Phi) is 4.36. The zero-order valence-corrected chi connectivity index (χ0v) is 11.6. The van der Waals surface area contributed by atoms with Crippen LogP contribution in [0, 0.1) is 0 Å². The van der Waals surface area contributed by atoms with Crippen molar-refractivity contribution in [3.8, 4) is 0 Å². The van der Waals surface area contributed by atoms with Gasteiger partial charge in [-0.15, -0.1) is 0 Å². The molecule has 0 unspecified atom stereocenters. The Labute approximate surface area is 109 Å². The quantitative estimate of drug-likeness (QED) is 0.818. The third-order valence-corrected chi connectivity index (χ3v) is 3.71. The van der Waals surface area contributed by atoms with Crippen LogP contribution in [0.15, 0.2) is 12.4 Å². The number of aromatic nitrogens is 2. The molecule has 1 aliphatic rings. The first-order valence-electron chi connectivity index (χ1n) is 6.63. The van der Waals surface area contributed by atoms with Gasteiger partial charge in [0.25, 0.3) is 0 Å². The fourth-order valence-electron chi connectivity index (χ4n) is 2.09. The molecule has 0 atom stereocenters. The van der Waals surface area contributed by atoms with Crippen molar-refractivity contribution in [1.82, 2.24) is 15.3 Å². The summed E-state index contributed by atoms with van der Waals surface area (Å²) in [5, 5.41) is 3.15. The zero-order valence-electron chi connectivity index (χ0n) is 11.6. The van der Waals surface area contributed by atoms with Crippen molar-refractivity contribution in [2.24, 2.45) is 0 Å². The van der Waals surface area contributed by atoms with E-state index in [0.29, 0.717) is 6.04 Å². The van der Waals surface area contributed by atoms with E-state index in [-0.39, 0.29) is 0 Å². The summed E-state index contributed by atoms with van der Waals surface area (Å²) in [6.45, 7) is 1.90. The molecule has 0 aliphatic heterocycles. The van der Waals surface area contributed by atoms with Gasteiger partial charge in [0.2, 0.25) is 0 Å². The van der Waals surface area contributed by atoms with E-state index in [2.05, 4.69) is 45.2 Å². The summed E-state index contributed by atoms with van der Waals surface area (Å²) in [5.41, 5.74) is 0. The lowest BCUT2D eigenvalue weighted by atomic mass is 9.92. The van der Waals surface area contributed by atoms with Crippen LogP contribution in [-0.2, 0) is 0 Å². The lowest BCUT2D eigenvalue weighted by Crippen LogP contribution is -2.37. The van der Waals surface area contributed by atoms with Crippen molar-refractivity contribution in [2.75, 3.05) is 44.0 Å². The number of rotatable bonds is 6. The average Bonchev–Trinajstić information content (AvgIpc) is 2.34. The van der Waals surface area contributed by atoms with Gasteiger partial charge in [0.15, 0.2) is 0 Å². The molecule has 1 fully saturated rings. The fourth-order valence-corrected chi connectivity index (χ4v) is 2.09. The minimum Gasteiger partial charge on any atom is -0.358 e. The molecule has 2 rings (SSSR count). The molecule has 0 spiro atoms. The van der Waals surface area contributed by atoms with Crippen LogP contribution >= 0.6 is 0 Å². The van der Waals surface area contributed by atoms with E-state index in [1.165, 1.54) is 19.3 Å². The molecule has 0 aromatic carbocycles. The van der Waals surface area contributed by atoms with Gasteiger partial charge in [0.1, 0.15) is 18.0 Å². The minimum absolute atomic E-state index is 0.662. The number of nitrogens with one attached hydrogen (secondary N) is 1. The van der Waals surface area contributed by atoms with Crippen LogP contribution in [0.1, 0.15) is 19.3 Å².